The van der Waals surface area contributed by atoms with Crippen LogP contribution in [0.3, 0.4) is 0 Å². The molecule has 0 saturated heterocycles. The zero-order valence-corrected chi connectivity index (χ0v) is 11.6. The Morgan fingerprint density at radius 2 is 0.941 bits per heavy atom. The topological polar surface area (TPSA) is 100 Å². The molecule has 0 aromatic carbocycles. The fourth-order valence-corrected chi connectivity index (χ4v) is 1.69. The van der Waals surface area contributed by atoms with Gasteiger partial charge in [0.1, 0.15) is 13.1 Å². The first-order valence-corrected chi connectivity index (χ1v) is 5.69. The van der Waals surface area contributed by atoms with E-state index in [1.807, 2.05) is 0 Å². The Morgan fingerprint density at radius 1 is 0.647 bits per heavy atom. The van der Waals surface area contributed by atoms with Crippen molar-refractivity contribution in [3.05, 3.63) is 0 Å². The number of rotatable bonds is 8. The maximum absolute atomic E-state index is 8.89. The number of quaternary nitrogens is 2. The number of aliphatic hydroxyl groups is 2. The van der Waals surface area contributed by atoms with Crippen molar-refractivity contribution in [2.45, 2.75) is 6.42 Å². The molecule has 0 spiro atoms. The molecule has 0 unspecified atom stereocenters. The summed E-state index contributed by atoms with van der Waals surface area (Å²) in [6, 6.07) is 0. The molecule has 0 heterocycles. The first-order chi connectivity index (χ1) is 6.83. The van der Waals surface area contributed by atoms with E-state index in [2.05, 4.69) is 28.2 Å². The van der Waals surface area contributed by atoms with E-state index in [1.54, 1.807) is 0 Å². The number of likely N-dealkylation sites (N-methyl/N-ethyl adjacent to an activating group) is 2. The van der Waals surface area contributed by atoms with Crippen molar-refractivity contribution in [1.29, 1.82) is 0 Å². The lowest BCUT2D eigenvalue weighted by atomic mass is 10.3. The highest BCUT2D eigenvalue weighted by atomic mass is 16.3. The Kier molecular flexibility index (Phi) is 12.6. The summed E-state index contributed by atoms with van der Waals surface area (Å²) in [7, 11) is 8.56. The summed E-state index contributed by atoms with van der Waals surface area (Å²) >= 11 is 0. The van der Waals surface area contributed by atoms with Gasteiger partial charge in [-0.3, -0.25) is 0 Å². The zero-order valence-electron chi connectivity index (χ0n) is 11.6. The summed E-state index contributed by atoms with van der Waals surface area (Å²) in [6.07, 6.45) is 1.12. The van der Waals surface area contributed by atoms with Crippen LogP contribution in [0.1, 0.15) is 6.42 Å². The van der Waals surface area contributed by atoms with Crippen LogP contribution in [-0.2, 0) is 0 Å². The molecule has 17 heavy (non-hydrogen) atoms. The number of aliphatic hydroxyl groups excluding tert-OH is 2. The van der Waals surface area contributed by atoms with Crippen LogP contribution in [0.2, 0.25) is 0 Å². The predicted molar refractivity (Wildman–Crippen MR) is 66.3 cm³/mol. The molecule has 0 amide bonds. The Balaban J connectivity index is -0.000000980. The van der Waals surface area contributed by atoms with Gasteiger partial charge in [0.15, 0.2) is 0 Å². The SMILES string of the molecule is C[N+](C)(CCO)CCC[N+](C)(C)CCO.[OH-].[OH-]. The maximum Gasteiger partial charge on any atom is 0.102 e. The van der Waals surface area contributed by atoms with Gasteiger partial charge >= 0.3 is 0 Å². The van der Waals surface area contributed by atoms with Crippen molar-refractivity contribution in [3.63, 3.8) is 0 Å². The quantitative estimate of drug-likeness (QED) is 0.551. The smallest absolute Gasteiger partial charge is 0.102 e. The minimum Gasteiger partial charge on any atom is -0.870 e. The summed E-state index contributed by atoms with van der Waals surface area (Å²) in [4.78, 5) is 0. The molecule has 0 aliphatic heterocycles. The van der Waals surface area contributed by atoms with Crippen LogP contribution >= 0.6 is 0 Å². The third-order valence-corrected chi connectivity index (χ3v) is 2.94. The molecule has 6 heteroatoms. The van der Waals surface area contributed by atoms with Crippen molar-refractivity contribution in [2.24, 2.45) is 0 Å². The molecule has 0 aliphatic rings. The zero-order chi connectivity index (χ0) is 11.9. The average molecular weight is 254 g/mol. The summed E-state index contributed by atoms with van der Waals surface area (Å²) in [6.45, 7) is 4.28. The van der Waals surface area contributed by atoms with E-state index >= 15 is 0 Å². The van der Waals surface area contributed by atoms with Crippen molar-refractivity contribution < 1.29 is 30.1 Å². The van der Waals surface area contributed by atoms with Gasteiger partial charge in [-0.15, -0.1) is 0 Å². The predicted octanol–water partition coefficient (Wildman–Crippen LogP) is -0.840. The van der Waals surface area contributed by atoms with Gasteiger partial charge in [-0.25, -0.2) is 0 Å². The van der Waals surface area contributed by atoms with Crippen molar-refractivity contribution in [3.8, 4) is 0 Å². The second kappa shape index (κ2) is 9.76. The van der Waals surface area contributed by atoms with Gasteiger partial charge in [0.2, 0.25) is 0 Å². The highest BCUT2D eigenvalue weighted by Crippen LogP contribution is 2.03. The fraction of sp³-hybridized carbons (Fsp3) is 1.00. The fourth-order valence-electron chi connectivity index (χ4n) is 1.69. The summed E-state index contributed by atoms with van der Waals surface area (Å²) in [5.74, 6) is 0. The van der Waals surface area contributed by atoms with Crippen molar-refractivity contribution in [2.75, 3.05) is 67.6 Å². The van der Waals surface area contributed by atoms with Crippen LogP contribution in [0.5, 0.6) is 0 Å². The summed E-state index contributed by atoms with van der Waals surface area (Å²) in [5, 5.41) is 17.8. The molecule has 0 saturated carbocycles. The Labute approximate surface area is 105 Å². The molecule has 0 aliphatic carbocycles. The molecular weight excluding hydrogens is 224 g/mol. The maximum atomic E-state index is 8.89. The first-order valence-electron chi connectivity index (χ1n) is 5.69. The lowest BCUT2D eigenvalue weighted by Gasteiger charge is -2.32. The Bertz CT molecular complexity index is 157. The molecule has 0 aromatic heterocycles. The minimum atomic E-state index is 0. The van der Waals surface area contributed by atoms with Crippen LogP contribution in [0.15, 0.2) is 0 Å². The van der Waals surface area contributed by atoms with E-state index in [0.717, 1.165) is 41.6 Å². The van der Waals surface area contributed by atoms with Crippen LogP contribution in [0.4, 0.5) is 0 Å². The van der Waals surface area contributed by atoms with E-state index in [9.17, 15) is 0 Å². The van der Waals surface area contributed by atoms with E-state index < -0.39 is 0 Å². The summed E-state index contributed by atoms with van der Waals surface area (Å²) < 4.78 is 1.74. The minimum absolute atomic E-state index is 0. The van der Waals surface area contributed by atoms with Gasteiger partial charge < -0.3 is 30.1 Å². The third kappa shape index (κ3) is 12.0. The second-order valence-electron chi connectivity index (χ2n) is 5.57. The molecule has 0 fully saturated rings. The highest BCUT2D eigenvalue weighted by Gasteiger charge is 2.18. The molecular formula is C11H30N2O4. The van der Waals surface area contributed by atoms with Gasteiger partial charge in [-0.1, -0.05) is 0 Å². The largest absolute Gasteiger partial charge is 0.870 e. The van der Waals surface area contributed by atoms with E-state index in [4.69, 9.17) is 10.2 Å². The van der Waals surface area contributed by atoms with Crippen molar-refractivity contribution >= 4 is 0 Å². The molecule has 0 rings (SSSR count). The molecule has 0 aromatic rings. The monoisotopic (exact) mass is 254 g/mol. The van der Waals surface area contributed by atoms with Crippen LogP contribution in [-0.4, -0.2) is 97.7 Å². The van der Waals surface area contributed by atoms with Crippen LogP contribution in [0.25, 0.3) is 0 Å². The number of hydrogen-bond acceptors (Lipinski definition) is 4. The van der Waals surface area contributed by atoms with Gasteiger partial charge in [-0.2, -0.15) is 0 Å². The molecule has 0 radical (unpaired) electrons. The summed E-state index contributed by atoms with van der Waals surface area (Å²) in [5.41, 5.74) is 0. The van der Waals surface area contributed by atoms with Gasteiger partial charge in [-0.05, 0) is 0 Å². The number of hydrogen-bond donors (Lipinski definition) is 2. The first kappa shape index (κ1) is 22.0. The number of nitrogens with zero attached hydrogens (tertiary/aromatic N) is 2. The second-order valence-corrected chi connectivity index (χ2v) is 5.57. The Hall–Kier alpha value is -0.240. The normalized spacial score (nSPS) is 11.6. The average Bonchev–Trinajstić information content (AvgIpc) is 2.02. The molecule has 6 nitrogen and oxygen atoms in total. The van der Waals surface area contributed by atoms with Gasteiger partial charge in [0, 0.05) is 6.42 Å². The Morgan fingerprint density at radius 3 is 1.18 bits per heavy atom. The highest BCUT2D eigenvalue weighted by molar-refractivity contribution is 4.39. The van der Waals surface area contributed by atoms with Gasteiger partial charge in [0.05, 0.1) is 54.5 Å². The van der Waals surface area contributed by atoms with E-state index in [0.29, 0.717) is 0 Å². The molecule has 4 N–H and O–H groups in total. The lowest BCUT2D eigenvalue weighted by Crippen LogP contribution is -2.47. The van der Waals surface area contributed by atoms with Crippen LogP contribution < -0.4 is 0 Å². The standard InChI is InChI=1S/C11H28N2O2.2H2O/c1-12(2,8-10-14)6-5-7-13(3,4)9-11-15;;/h14-15H,5-11H2,1-4H3;2*1H2/q+2;;/p-2. The molecule has 108 valence electrons. The van der Waals surface area contributed by atoms with Crippen LogP contribution in [0, 0.1) is 0 Å². The molecule has 0 bridgehead atoms. The van der Waals surface area contributed by atoms with Gasteiger partial charge in [0.25, 0.3) is 0 Å². The van der Waals surface area contributed by atoms with E-state index in [1.165, 1.54) is 0 Å². The van der Waals surface area contributed by atoms with E-state index in [-0.39, 0.29) is 24.2 Å². The molecule has 0 atom stereocenters. The third-order valence-electron chi connectivity index (χ3n) is 2.94. The lowest BCUT2D eigenvalue weighted by molar-refractivity contribution is -0.909. The van der Waals surface area contributed by atoms with Crippen molar-refractivity contribution in [1.82, 2.24) is 0 Å².